The monoisotopic (exact) mass is 339 g/mol. The van der Waals surface area contributed by atoms with Crippen LogP contribution in [0.4, 0.5) is 0 Å². The minimum absolute atomic E-state index is 0.298. The summed E-state index contributed by atoms with van der Waals surface area (Å²) >= 11 is 0. The highest BCUT2D eigenvalue weighted by molar-refractivity contribution is 5.51. The molecule has 0 saturated heterocycles. The summed E-state index contributed by atoms with van der Waals surface area (Å²) in [5, 5.41) is 20.7. The number of aliphatic hydroxyl groups excluding tert-OH is 2. The van der Waals surface area contributed by atoms with E-state index >= 15 is 0 Å². The van der Waals surface area contributed by atoms with Crippen LogP contribution >= 0.6 is 0 Å². The van der Waals surface area contributed by atoms with Crippen molar-refractivity contribution < 1.29 is 24.4 Å². The smallest absolute Gasteiger partial charge is 0.125 e. The molecule has 0 amide bonds. The molecular formula is C18H29NO5. The predicted octanol–water partition coefficient (Wildman–Crippen LogP) is 1.59. The Morgan fingerprint density at radius 3 is 2.46 bits per heavy atom. The molecule has 2 unspecified atom stereocenters. The maximum atomic E-state index is 10.5. The molecule has 1 aromatic carbocycles. The Morgan fingerprint density at radius 2 is 1.83 bits per heavy atom. The molecule has 2 N–H and O–H groups in total. The van der Waals surface area contributed by atoms with Crippen molar-refractivity contribution in [1.29, 1.82) is 0 Å². The van der Waals surface area contributed by atoms with Gasteiger partial charge in [0.2, 0.25) is 0 Å². The first kappa shape index (κ1) is 19.0. The Balaban J connectivity index is 2.05. The third-order valence-corrected chi connectivity index (χ3v) is 4.09. The van der Waals surface area contributed by atoms with Crippen molar-refractivity contribution in [3.63, 3.8) is 0 Å². The van der Waals surface area contributed by atoms with Gasteiger partial charge in [-0.15, -0.1) is 0 Å². The van der Waals surface area contributed by atoms with Gasteiger partial charge in [0.05, 0.1) is 33.0 Å². The highest BCUT2D eigenvalue weighted by Crippen LogP contribution is 2.39. The molecule has 6 heteroatoms. The number of methoxy groups -OCH3 is 2. The lowest BCUT2D eigenvalue weighted by Crippen LogP contribution is -2.40. The molecule has 2 rings (SSSR count). The van der Waals surface area contributed by atoms with Crippen LogP contribution in [0.2, 0.25) is 0 Å². The second-order valence-electron chi connectivity index (χ2n) is 6.66. The van der Waals surface area contributed by atoms with E-state index in [2.05, 4.69) is 13.8 Å². The van der Waals surface area contributed by atoms with Crippen molar-refractivity contribution in [2.24, 2.45) is 5.92 Å². The van der Waals surface area contributed by atoms with Crippen molar-refractivity contribution in [3.05, 3.63) is 23.3 Å². The molecule has 0 saturated carbocycles. The fourth-order valence-electron chi connectivity index (χ4n) is 3.07. The summed E-state index contributed by atoms with van der Waals surface area (Å²) < 4.78 is 16.3. The van der Waals surface area contributed by atoms with Crippen LogP contribution in [-0.4, -0.2) is 61.7 Å². The summed E-state index contributed by atoms with van der Waals surface area (Å²) in [5.74, 6) is 1.83. The summed E-state index contributed by atoms with van der Waals surface area (Å²) in [6.07, 6.45) is -1.27. The largest absolute Gasteiger partial charge is 0.496 e. The molecule has 1 aliphatic heterocycles. The summed E-state index contributed by atoms with van der Waals surface area (Å²) in [4.78, 5) is 2.01. The second-order valence-corrected chi connectivity index (χ2v) is 6.66. The number of aliphatic hydroxyl groups is 2. The SMILES string of the molecule is COc1ccc(OC)c2c1CN(CC(O)COCC(C)C)CC2O. The second kappa shape index (κ2) is 8.67. The number of hydrogen-bond donors (Lipinski definition) is 2. The number of hydrogen-bond acceptors (Lipinski definition) is 6. The Hall–Kier alpha value is -1.34. The van der Waals surface area contributed by atoms with Crippen molar-refractivity contribution in [1.82, 2.24) is 4.90 Å². The van der Waals surface area contributed by atoms with Crippen LogP contribution in [0.25, 0.3) is 0 Å². The summed E-state index contributed by atoms with van der Waals surface area (Å²) in [5.41, 5.74) is 1.68. The van der Waals surface area contributed by atoms with Gasteiger partial charge in [-0.05, 0) is 18.1 Å². The average molecular weight is 339 g/mol. The lowest BCUT2D eigenvalue weighted by molar-refractivity contribution is -0.00521. The number of β-amino-alcohol motifs (C(OH)–C–C–N with tert-alkyl or cyclic N) is 2. The maximum absolute atomic E-state index is 10.5. The zero-order valence-corrected chi connectivity index (χ0v) is 15.0. The molecule has 0 aromatic heterocycles. The molecule has 0 spiro atoms. The molecule has 0 aliphatic carbocycles. The van der Waals surface area contributed by atoms with Gasteiger partial charge in [-0.2, -0.15) is 0 Å². The van der Waals surface area contributed by atoms with E-state index in [1.54, 1.807) is 14.2 Å². The van der Waals surface area contributed by atoms with Gasteiger partial charge < -0.3 is 24.4 Å². The van der Waals surface area contributed by atoms with E-state index in [1.165, 1.54) is 0 Å². The molecular weight excluding hydrogens is 310 g/mol. The number of ether oxygens (including phenoxy) is 3. The van der Waals surface area contributed by atoms with E-state index in [0.717, 1.165) is 16.9 Å². The minimum Gasteiger partial charge on any atom is -0.496 e. The standard InChI is InChI=1S/C18H29NO5/c1-12(2)10-24-11-13(20)7-19-8-14-16(22-3)5-6-17(23-4)18(14)15(21)9-19/h5-6,12-13,15,20-21H,7-11H2,1-4H3. The van der Waals surface area contributed by atoms with Crippen LogP contribution in [0, 0.1) is 5.92 Å². The topological polar surface area (TPSA) is 71.4 Å². The van der Waals surface area contributed by atoms with Crippen LogP contribution < -0.4 is 9.47 Å². The van der Waals surface area contributed by atoms with Crippen LogP contribution in [0.1, 0.15) is 31.1 Å². The Bertz CT molecular complexity index is 534. The number of benzene rings is 1. The van der Waals surface area contributed by atoms with Crippen molar-refractivity contribution in [2.75, 3.05) is 40.5 Å². The third kappa shape index (κ3) is 4.60. The number of nitrogens with zero attached hydrogens (tertiary/aromatic N) is 1. The van der Waals surface area contributed by atoms with Crippen molar-refractivity contribution in [2.45, 2.75) is 32.6 Å². The van der Waals surface area contributed by atoms with Gasteiger partial charge in [0.1, 0.15) is 11.5 Å². The average Bonchev–Trinajstić information content (AvgIpc) is 2.53. The van der Waals surface area contributed by atoms with Crippen molar-refractivity contribution in [3.8, 4) is 11.5 Å². The van der Waals surface area contributed by atoms with E-state index < -0.39 is 12.2 Å². The van der Waals surface area contributed by atoms with Gasteiger partial charge in [0.25, 0.3) is 0 Å². The lowest BCUT2D eigenvalue weighted by Gasteiger charge is -2.34. The van der Waals surface area contributed by atoms with Gasteiger partial charge >= 0.3 is 0 Å². The zero-order chi connectivity index (χ0) is 17.7. The van der Waals surface area contributed by atoms with Gasteiger partial charge in [0.15, 0.2) is 0 Å². The first-order chi connectivity index (χ1) is 11.5. The molecule has 0 bridgehead atoms. The van der Waals surface area contributed by atoms with E-state index in [4.69, 9.17) is 14.2 Å². The van der Waals surface area contributed by atoms with E-state index in [0.29, 0.717) is 44.5 Å². The first-order valence-electron chi connectivity index (χ1n) is 8.36. The van der Waals surface area contributed by atoms with Crippen LogP contribution in [0.5, 0.6) is 11.5 Å². The minimum atomic E-state index is -0.678. The lowest BCUT2D eigenvalue weighted by atomic mass is 9.95. The van der Waals surface area contributed by atoms with Gasteiger partial charge in [0, 0.05) is 37.4 Å². The first-order valence-corrected chi connectivity index (χ1v) is 8.36. The zero-order valence-electron chi connectivity index (χ0n) is 15.0. The van der Waals surface area contributed by atoms with Crippen LogP contribution in [0.3, 0.4) is 0 Å². The summed E-state index contributed by atoms with van der Waals surface area (Å²) in [6.45, 7) is 6.55. The van der Waals surface area contributed by atoms with Crippen LogP contribution in [-0.2, 0) is 11.3 Å². The molecule has 0 radical (unpaired) electrons. The van der Waals surface area contributed by atoms with E-state index in [1.807, 2.05) is 17.0 Å². The maximum Gasteiger partial charge on any atom is 0.125 e. The molecule has 1 aliphatic rings. The van der Waals surface area contributed by atoms with Gasteiger partial charge in [-0.25, -0.2) is 0 Å². The molecule has 136 valence electrons. The molecule has 0 fully saturated rings. The Kier molecular flexibility index (Phi) is 6.86. The predicted molar refractivity (Wildman–Crippen MR) is 91.4 cm³/mol. The van der Waals surface area contributed by atoms with E-state index in [-0.39, 0.29) is 0 Å². The third-order valence-electron chi connectivity index (χ3n) is 4.09. The van der Waals surface area contributed by atoms with Crippen molar-refractivity contribution >= 4 is 0 Å². The molecule has 6 nitrogen and oxygen atoms in total. The number of fused-ring (bicyclic) bond motifs is 1. The van der Waals surface area contributed by atoms with Crippen LogP contribution in [0.15, 0.2) is 12.1 Å². The highest BCUT2D eigenvalue weighted by atomic mass is 16.5. The Morgan fingerprint density at radius 1 is 1.17 bits per heavy atom. The fourth-order valence-corrected chi connectivity index (χ4v) is 3.07. The molecule has 1 heterocycles. The quantitative estimate of drug-likeness (QED) is 0.749. The van der Waals surface area contributed by atoms with Gasteiger partial charge in [-0.1, -0.05) is 13.8 Å². The molecule has 2 atom stereocenters. The summed E-state index contributed by atoms with van der Waals surface area (Å²) in [6, 6.07) is 3.65. The highest BCUT2D eigenvalue weighted by Gasteiger charge is 2.30. The number of rotatable bonds is 8. The normalized spacial score (nSPS) is 19.2. The van der Waals surface area contributed by atoms with Gasteiger partial charge in [-0.3, -0.25) is 4.90 Å². The molecule has 24 heavy (non-hydrogen) atoms. The Labute approximate surface area is 143 Å². The van der Waals surface area contributed by atoms with E-state index in [9.17, 15) is 10.2 Å². The fraction of sp³-hybridized carbons (Fsp3) is 0.667. The summed E-state index contributed by atoms with van der Waals surface area (Å²) in [7, 11) is 3.21. The molecule has 1 aromatic rings.